The van der Waals surface area contributed by atoms with Gasteiger partial charge in [0.2, 0.25) is 0 Å². The maximum atomic E-state index is 11.4. The SMILES string of the molecule is Cn1ncnc1SCc1c(C(=O)O)sc2ccccc12. The van der Waals surface area contributed by atoms with Crippen LogP contribution < -0.4 is 0 Å². The molecule has 1 aromatic carbocycles. The smallest absolute Gasteiger partial charge is 0.346 e. The number of rotatable bonds is 4. The molecular formula is C13H11N3O2S2. The zero-order valence-electron chi connectivity index (χ0n) is 10.6. The van der Waals surface area contributed by atoms with Gasteiger partial charge in [0.05, 0.1) is 0 Å². The molecule has 3 rings (SSSR count). The van der Waals surface area contributed by atoms with E-state index in [0.29, 0.717) is 10.6 Å². The molecule has 0 aliphatic heterocycles. The van der Waals surface area contributed by atoms with Gasteiger partial charge < -0.3 is 5.11 Å². The Labute approximate surface area is 123 Å². The van der Waals surface area contributed by atoms with Crippen molar-refractivity contribution in [3.63, 3.8) is 0 Å². The molecule has 0 amide bonds. The summed E-state index contributed by atoms with van der Waals surface area (Å²) in [4.78, 5) is 15.9. The number of carboxylic acid groups (broad SMARTS) is 1. The van der Waals surface area contributed by atoms with Crippen LogP contribution in [-0.4, -0.2) is 25.8 Å². The Morgan fingerprint density at radius 3 is 2.95 bits per heavy atom. The van der Waals surface area contributed by atoms with Gasteiger partial charge in [-0.25, -0.2) is 14.5 Å². The van der Waals surface area contributed by atoms with Crippen LogP contribution in [0.5, 0.6) is 0 Å². The molecule has 0 aliphatic rings. The normalized spacial score (nSPS) is 11.1. The average Bonchev–Trinajstić information content (AvgIpc) is 3.00. The molecule has 0 unspecified atom stereocenters. The van der Waals surface area contributed by atoms with Gasteiger partial charge in [-0.3, -0.25) is 0 Å². The lowest BCUT2D eigenvalue weighted by molar-refractivity contribution is 0.0701. The fourth-order valence-electron chi connectivity index (χ4n) is 1.97. The third kappa shape index (κ3) is 2.30. The minimum atomic E-state index is -0.875. The van der Waals surface area contributed by atoms with Gasteiger partial charge in [-0.1, -0.05) is 30.0 Å². The van der Waals surface area contributed by atoms with Crippen molar-refractivity contribution in [2.45, 2.75) is 10.9 Å². The Bertz CT molecular complexity index is 779. The van der Waals surface area contributed by atoms with E-state index in [-0.39, 0.29) is 0 Å². The van der Waals surface area contributed by atoms with Crippen molar-refractivity contribution in [3.8, 4) is 0 Å². The third-order valence-electron chi connectivity index (χ3n) is 2.91. The van der Waals surface area contributed by atoms with Crippen LogP contribution in [0.1, 0.15) is 15.2 Å². The maximum absolute atomic E-state index is 11.4. The molecule has 3 aromatic rings. The zero-order chi connectivity index (χ0) is 14.1. The van der Waals surface area contributed by atoms with E-state index < -0.39 is 5.97 Å². The lowest BCUT2D eigenvalue weighted by Crippen LogP contribution is -1.98. The van der Waals surface area contributed by atoms with Crippen LogP contribution in [0.25, 0.3) is 10.1 Å². The molecule has 0 aliphatic carbocycles. The molecule has 20 heavy (non-hydrogen) atoms. The van der Waals surface area contributed by atoms with Gasteiger partial charge in [0, 0.05) is 17.5 Å². The van der Waals surface area contributed by atoms with Gasteiger partial charge in [-0.05, 0) is 17.0 Å². The molecule has 0 saturated carbocycles. The summed E-state index contributed by atoms with van der Waals surface area (Å²) < 4.78 is 2.68. The van der Waals surface area contributed by atoms with E-state index in [1.165, 1.54) is 29.4 Å². The Balaban J connectivity index is 1.99. The third-order valence-corrected chi connectivity index (χ3v) is 5.17. The highest BCUT2D eigenvalue weighted by atomic mass is 32.2. The Kier molecular flexibility index (Phi) is 3.45. The van der Waals surface area contributed by atoms with Crippen molar-refractivity contribution in [1.29, 1.82) is 0 Å². The van der Waals surface area contributed by atoms with Gasteiger partial charge in [-0.15, -0.1) is 11.3 Å². The Hall–Kier alpha value is -1.86. The molecular weight excluding hydrogens is 294 g/mol. The standard InChI is InChI=1S/C13H11N3O2S2/c1-16-13(14-7-15-16)19-6-9-8-4-2-3-5-10(8)20-11(9)12(17)18/h2-5,7H,6H2,1H3,(H,17,18). The van der Waals surface area contributed by atoms with Crippen LogP contribution in [0.3, 0.4) is 0 Å². The quantitative estimate of drug-likeness (QED) is 0.750. The molecule has 0 radical (unpaired) electrons. The number of carboxylic acids is 1. The van der Waals surface area contributed by atoms with E-state index in [1.807, 2.05) is 31.3 Å². The van der Waals surface area contributed by atoms with E-state index in [0.717, 1.165) is 20.8 Å². The molecule has 0 bridgehead atoms. The van der Waals surface area contributed by atoms with E-state index >= 15 is 0 Å². The Morgan fingerprint density at radius 1 is 1.45 bits per heavy atom. The minimum Gasteiger partial charge on any atom is -0.477 e. The summed E-state index contributed by atoms with van der Waals surface area (Å²) in [6.07, 6.45) is 1.49. The van der Waals surface area contributed by atoms with Gasteiger partial charge in [-0.2, -0.15) is 5.10 Å². The summed E-state index contributed by atoms with van der Waals surface area (Å²) in [5, 5.41) is 15.1. The van der Waals surface area contributed by atoms with Crippen molar-refractivity contribution < 1.29 is 9.90 Å². The van der Waals surface area contributed by atoms with E-state index in [9.17, 15) is 9.90 Å². The highest BCUT2D eigenvalue weighted by Crippen LogP contribution is 2.35. The van der Waals surface area contributed by atoms with Gasteiger partial charge in [0.25, 0.3) is 0 Å². The summed E-state index contributed by atoms with van der Waals surface area (Å²) in [5.74, 6) is -0.308. The van der Waals surface area contributed by atoms with Gasteiger partial charge in [0.15, 0.2) is 5.16 Å². The maximum Gasteiger partial charge on any atom is 0.346 e. The Morgan fingerprint density at radius 2 is 2.25 bits per heavy atom. The molecule has 0 saturated heterocycles. The lowest BCUT2D eigenvalue weighted by atomic mass is 10.1. The number of hydrogen-bond donors (Lipinski definition) is 1. The molecule has 102 valence electrons. The van der Waals surface area contributed by atoms with Crippen molar-refractivity contribution in [1.82, 2.24) is 14.8 Å². The summed E-state index contributed by atoms with van der Waals surface area (Å²) in [7, 11) is 1.82. The molecule has 0 spiro atoms. The number of benzene rings is 1. The lowest BCUT2D eigenvalue weighted by Gasteiger charge is -2.02. The first-order valence-electron chi connectivity index (χ1n) is 5.87. The number of fused-ring (bicyclic) bond motifs is 1. The molecule has 0 atom stereocenters. The van der Waals surface area contributed by atoms with Crippen molar-refractivity contribution in [3.05, 3.63) is 41.0 Å². The van der Waals surface area contributed by atoms with E-state index in [2.05, 4.69) is 10.1 Å². The van der Waals surface area contributed by atoms with Crippen LogP contribution in [0.2, 0.25) is 0 Å². The van der Waals surface area contributed by atoms with Gasteiger partial charge >= 0.3 is 5.97 Å². The number of aromatic nitrogens is 3. The van der Waals surface area contributed by atoms with Crippen molar-refractivity contribution >= 4 is 39.2 Å². The molecule has 1 N–H and O–H groups in total. The first-order valence-corrected chi connectivity index (χ1v) is 7.67. The average molecular weight is 305 g/mol. The minimum absolute atomic E-state index is 0.404. The summed E-state index contributed by atoms with van der Waals surface area (Å²) in [6.45, 7) is 0. The van der Waals surface area contributed by atoms with Crippen LogP contribution >= 0.6 is 23.1 Å². The predicted molar refractivity (Wildman–Crippen MR) is 79.3 cm³/mol. The van der Waals surface area contributed by atoms with Crippen LogP contribution in [0.4, 0.5) is 0 Å². The second kappa shape index (κ2) is 5.26. The second-order valence-corrected chi connectivity index (χ2v) is 6.16. The van der Waals surface area contributed by atoms with Crippen LogP contribution in [0.15, 0.2) is 35.7 Å². The fraction of sp³-hybridized carbons (Fsp3) is 0.154. The van der Waals surface area contributed by atoms with Crippen LogP contribution in [-0.2, 0) is 12.8 Å². The number of thioether (sulfide) groups is 1. The molecule has 0 fully saturated rings. The first kappa shape index (κ1) is 13.1. The van der Waals surface area contributed by atoms with Gasteiger partial charge in [0.1, 0.15) is 11.2 Å². The monoisotopic (exact) mass is 305 g/mol. The zero-order valence-corrected chi connectivity index (χ0v) is 12.2. The molecule has 2 heterocycles. The van der Waals surface area contributed by atoms with Crippen molar-refractivity contribution in [2.24, 2.45) is 7.05 Å². The van der Waals surface area contributed by atoms with E-state index in [1.54, 1.807) is 4.68 Å². The number of aryl methyl sites for hydroxylation is 1. The fourth-order valence-corrected chi connectivity index (χ4v) is 4.05. The van der Waals surface area contributed by atoms with Crippen LogP contribution in [0, 0.1) is 0 Å². The molecule has 5 nitrogen and oxygen atoms in total. The highest BCUT2D eigenvalue weighted by molar-refractivity contribution is 7.98. The topological polar surface area (TPSA) is 68.0 Å². The number of carbonyl (C=O) groups is 1. The summed E-state index contributed by atoms with van der Waals surface area (Å²) >= 11 is 2.81. The van der Waals surface area contributed by atoms with E-state index in [4.69, 9.17) is 0 Å². The number of thiophene rings is 1. The molecule has 7 heteroatoms. The number of aromatic carboxylic acids is 1. The summed E-state index contributed by atoms with van der Waals surface area (Å²) in [6, 6.07) is 7.76. The number of nitrogens with zero attached hydrogens (tertiary/aromatic N) is 3. The highest BCUT2D eigenvalue weighted by Gasteiger charge is 2.18. The molecule has 2 aromatic heterocycles. The largest absolute Gasteiger partial charge is 0.477 e. The van der Waals surface area contributed by atoms with Crippen molar-refractivity contribution in [2.75, 3.05) is 0 Å². The summed E-state index contributed by atoms with van der Waals surface area (Å²) in [5.41, 5.74) is 0.853. The predicted octanol–water partition coefficient (Wildman–Crippen LogP) is 3.02. The second-order valence-electron chi connectivity index (χ2n) is 4.17. The number of hydrogen-bond acceptors (Lipinski definition) is 5. The first-order chi connectivity index (χ1) is 9.66.